The molecule has 1 amide bonds. The topological polar surface area (TPSA) is 119 Å². The van der Waals surface area contributed by atoms with Gasteiger partial charge in [-0.05, 0) is 19.1 Å². The van der Waals surface area contributed by atoms with E-state index in [4.69, 9.17) is 9.84 Å². The third-order valence-electron chi connectivity index (χ3n) is 2.21. The predicted octanol–water partition coefficient (Wildman–Crippen LogP) is 1.75. The normalized spacial score (nSPS) is 9.95. The van der Waals surface area contributed by atoms with Gasteiger partial charge in [0.1, 0.15) is 11.4 Å². The molecule has 0 radical (unpaired) electrons. The van der Waals surface area contributed by atoms with Crippen LogP contribution in [0.25, 0.3) is 0 Å². The van der Waals surface area contributed by atoms with Crippen LogP contribution in [0, 0.1) is 10.1 Å². The van der Waals surface area contributed by atoms with Crippen molar-refractivity contribution >= 4 is 35.0 Å². The number of thioether (sulfide) groups is 1. The Morgan fingerprint density at radius 3 is 2.71 bits per heavy atom. The lowest BCUT2D eigenvalue weighted by molar-refractivity contribution is -0.384. The fourth-order valence-electron chi connectivity index (χ4n) is 1.44. The van der Waals surface area contributed by atoms with E-state index in [0.717, 1.165) is 11.8 Å². The highest BCUT2D eigenvalue weighted by Gasteiger charge is 2.17. The van der Waals surface area contributed by atoms with Crippen molar-refractivity contribution < 1.29 is 24.4 Å². The van der Waals surface area contributed by atoms with Crippen LogP contribution in [0.4, 0.5) is 11.4 Å². The van der Waals surface area contributed by atoms with Crippen LogP contribution in [0.1, 0.15) is 6.92 Å². The fraction of sp³-hybridized carbons (Fsp3) is 0.333. The number of carbonyl (C=O) groups is 2. The number of nitro benzene ring substituents is 1. The Morgan fingerprint density at radius 2 is 2.14 bits per heavy atom. The molecule has 1 aromatic carbocycles. The first kappa shape index (κ1) is 16.8. The Hall–Kier alpha value is -2.29. The van der Waals surface area contributed by atoms with Crippen molar-refractivity contribution in [3.63, 3.8) is 0 Å². The van der Waals surface area contributed by atoms with E-state index in [9.17, 15) is 19.7 Å². The number of nitrogens with zero attached hydrogens (tertiary/aromatic N) is 1. The van der Waals surface area contributed by atoms with Gasteiger partial charge < -0.3 is 15.2 Å². The van der Waals surface area contributed by atoms with Gasteiger partial charge in [0.15, 0.2) is 0 Å². The third kappa shape index (κ3) is 5.69. The lowest BCUT2D eigenvalue weighted by Crippen LogP contribution is -2.16. The summed E-state index contributed by atoms with van der Waals surface area (Å²) in [4.78, 5) is 32.3. The minimum absolute atomic E-state index is 0.0457. The highest BCUT2D eigenvalue weighted by Crippen LogP contribution is 2.29. The maximum absolute atomic E-state index is 11.6. The summed E-state index contributed by atoms with van der Waals surface area (Å²) < 4.78 is 5.16. The number of carboxylic acids is 1. The molecular formula is C12H14N2O6S. The first-order valence-corrected chi connectivity index (χ1v) is 7.10. The van der Waals surface area contributed by atoms with E-state index < -0.39 is 16.8 Å². The Labute approximate surface area is 124 Å². The Bertz CT molecular complexity index is 549. The van der Waals surface area contributed by atoms with Gasteiger partial charge in [-0.1, -0.05) is 0 Å². The van der Waals surface area contributed by atoms with Gasteiger partial charge >= 0.3 is 5.97 Å². The van der Waals surface area contributed by atoms with Gasteiger partial charge in [-0.3, -0.25) is 19.7 Å². The van der Waals surface area contributed by atoms with Crippen LogP contribution in [0.5, 0.6) is 5.75 Å². The van der Waals surface area contributed by atoms with E-state index >= 15 is 0 Å². The average molecular weight is 314 g/mol. The molecule has 0 fully saturated rings. The van der Waals surface area contributed by atoms with Crippen LogP contribution in [-0.2, 0) is 9.59 Å². The summed E-state index contributed by atoms with van der Waals surface area (Å²) in [6, 6.07) is 4.11. The molecule has 8 nitrogen and oxygen atoms in total. The maximum Gasteiger partial charge on any atom is 0.313 e. The van der Waals surface area contributed by atoms with Crippen LogP contribution in [0.15, 0.2) is 18.2 Å². The molecule has 0 atom stereocenters. The van der Waals surface area contributed by atoms with Crippen molar-refractivity contribution in [2.45, 2.75) is 6.92 Å². The Morgan fingerprint density at radius 1 is 1.43 bits per heavy atom. The second-order valence-corrected chi connectivity index (χ2v) is 4.79. The van der Waals surface area contributed by atoms with Crippen molar-refractivity contribution in [2.24, 2.45) is 0 Å². The minimum atomic E-state index is -1.03. The summed E-state index contributed by atoms with van der Waals surface area (Å²) >= 11 is 0.908. The van der Waals surface area contributed by atoms with Crippen LogP contribution < -0.4 is 10.1 Å². The summed E-state index contributed by atoms with van der Waals surface area (Å²) in [5.41, 5.74) is -0.234. The van der Waals surface area contributed by atoms with Gasteiger partial charge in [0, 0.05) is 0 Å². The molecule has 0 aliphatic carbocycles. The van der Waals surface area contributed by atoms with Crippen molar-refractivity contribution in [1.82, 2.24) is 0 Å². The number of nitrogens with one attached hydrogen (secondary N) is 1. The summed E-state index contributed by atoms with van der Waals surface area (Å²) in [5, 5.41) is 21.8. The number of hydrogen-bond acceptors (Lipinski definition) is 6. The zero-order chi connectivity index (χ0) is 15.8. The second kappa shape index (κ2) is 8.10. The maximum atomic E-state index is 11.6. The van der Waals surface area contributed by atoms with Crippen molar-refractivity contribution in [3.8, 4) is 5.75 Å². The molecule has 0 heterocycles. The molecule has 2 N–H and O–H groups in total. The molecule has 0 unspecified atom stereocenters. The van der Waals surface area contributed by atoms with Crippen molar-refractivity contribution in [2.75, 3.05) is 23.4 Å². The molecule has 1 aromatic rings. The number of aliphatic carboxylic acids is 1. The van der Waals surface area contributed by atoms with Gasteiger partial charge in [-0.2, -0.15) is 0 Å². The standard InChI is InChI=1S/C12H14N2O6S/c1-2-20-8-3-4-9(10(5-8)14(18)19)13-11(15)6-21-7-12(16)17/h3-5H,2,6-7H2,1H3,(H,13,15)(H,16,17). The largest absolute Gasteiger partial charge is 0.494 e. The molecule has 9 heteroatoms. The molecule has 0 aromatic heterocycles. The molecule has 0 aliphatic heterocycles. The smallest absolute Gasteiger partial charge is 0.313 e. The van der Waals surface area contributed by atoms with Gasteiger partial charge in [-0.25, -0.2) is 0 Å². The SMILES string of the molecule is CCOc1ccc(NC(=O)CSCC(=O)O)c([N+](=O)[O-])c1. The molecule has 114 valence electrons. The quantitative estimate of drug-likeness (QED) is 0.554. The van der Waals surface area contributed by atoms with E-state index in [-0.39, 0.29) is 22.9 Å². The lowest BCUT2D eigenvalue weighted by atomic mass is 10.2. The number of hydrogen-bond donors (Lipinski definition) is 2. The zero-order valence-corrected chi connectivity index (χ0v) is 12.0. The first-order valence-electron chi connectivity index (χ1n) is 5.94. The molecule has 0 bridgehead atoms. The Kier molecular flexibility index (Phi) is 6.47. The average Bonchev–Trinajstić information content (AvgIpc) is 2.40. The highest BCUT2D eigenvalue weighted by atomic mass is 32.2. The number of benzene rings is 1. The highest BCUT2D eigenvalue weighted by molar-refractivity contribution is 8.00. The summed E-state index contributed by atoms with van der Waals surface area (Å²) in [5.74, 6) is -1.51. The number of rotatable bonds is 8. The van der Waals surface area contributed by atoms with Gasteiger partial charge in [0.25, 0.3) is 5.69 Å². The molecule has 1 rings (SSSR count). The molecule has 21 heavy (non-hydrogen) atoms. The van der Waals surface area contributed by atoms with Crippen molar-refractivity contribution in [3.05, 3.63) is 28.3 Å². The lowest BCUT2D eigenvalue weighted by Gasteiger charge is -2.08. The number of carboxylic acid groups (broad SMARTS) is 1. The monoisotopic (exact) mass is 314 g/mol. The first-order chi connectivity index (χ1) is 9.93. The number of ether oxygens (including phenoxy) is 1. The van der Waals surface area contributed by atoms with E-state index in [1.54, 1.807) is 6.92 Å². The molecular weight excluding hydrogens is 300 g/mol. The van der Waals surface area contributed by atoms with Gasteiger partial charge in [-0.15, -0.1) is 11.8 Å². The number of nitro groups is 1. The summed E-state index contributed by atoms with van der Waals surface area (Å²) in [6.07, 6.45) is 0. The van der Waals surface area contributed by atoms with E-state index in [2.05, 4.69) is 5.32 Å². The predicted molar refractivity (Wildman–Crippen MR) is 77.9 cm³/mol. The molecule has 0 saturated carbocycles. The Balaban J connectivity index is 2.75. The van der Waals surface area contributed by atoms with E-state index in [1.165, 1.54) is 18.2 Å². The van der Waals surface area contributed by atoms with Crippen LogP contribution in [-0.4, -0.2) is 40.0 Å². The number of amides is 1. The van der Waals surface area contributed by atoms with E-state index in [1.807, 2.05) is 0 Å². The molecule has 0 aliphatic rings. The zero-order valence-electron chi connectivity index (χ0n) is 11.2. The molecule has 0 saturated heterocycles. The number of carbonyl (C=O) groups excluding carboxylic acids is 1. The van der Waals surface area contributed by atoms with Crippen LogP contribution in [0.2, 0.25) is 0 Å². The van der Waals surface area contributed by atoms with Crippen LogP contribution in [0.3, 0.4) is 0 Å². The molecule has 0 spiro atoms. The van der Waals surface area contributed by atoms with Crippen LogP contribution >= 0.6 is 11.8 Å². The fourth-order valence-corrected chi connectivity index (χ4v) is 1.98. The third-order valence-corrected chi connectivity index (χ3v) is 3.13. The second-order valence-electron chi connectivity index (χ2n) is 3.80. The minimum Gasteiger partial charge on any atom is -0.494 e. The van der Waals surface area contributed by atoms with Gasteiger partial charge in [0.2, 0.25) is 5.91 Å². The van der Waals surface area contributed by atoms with Crippen molar-refractivity contribution in [1.29, 1.82) is 0 Å². The van der Waals surface area contributed by atoms with E-state index in [0.29, 0.717) is 12.4 Å². The summed E-state index contributed by atoms with van der Waals surface area (Å²) in [7, 11) is 0. The summed E-state index contributed by atoms with van der Waals surface area (Å²) in [6.45, 7) is 2.12. The number of anilines is 1. The van der Waals surface area contributed by atoms with Gasteiger partial charge in [0.05, 0.1) is 29.1 Å².